The van der Waals surface area contributed by atoms with Gasteiger partial charge in [0.05, 0.1) is 18.6 Å². The van der Waals surface area contributed by atoms with Crippen molar-refractivity contribution in [2.75, 3.05) is 26.7 Å². The average Bonchev–Trinajstić information content (AvgIpc) is 3.48. The van der Waals surface area contributed by atoms with E-state index in [0.29, 0.717) is 6.54 Å². The number of rotatable bonds is 7. The summed E-state index contributed by atoms with van der Waals surface area (Å²) in [5, 5.41) is 3.28. The molecule has 0 aromatic heterocycles. The molecular formula is C25H31FN2O2. The largest absolute Gasteiger partial charge is 0.496 e. The lowest BCUT2D eigenvalue weighted by Crippen LogP contribution is -2.46. The molecule has 4 rings (SSSR count). The fourth-order valence-corrected chi connectivity index (χ4v) is 5.18. The Morgan fingerprint density at radius 2 is 1.73 bits per heavy atom. The highest BCUT2D eigenvalue weighted by Crippen LogP contribution is 2.41. The number of benzene rings is 2. The summed E-state index contributed by atoms with van der Waals surface area (Å²) in [4.78, 5) is 15.9. The van der Waals surface area contributed by atoms with Gasteiger partial charge in [-0.3, -0.25) is 9.69 Å². The minimum absolute atomic E-state index is 0.0608. The number of carbonyl (C=O) groups excluding carboxylic acids is 1. The van der Waals surface area contributed by atoms with Crippen molar-refractivity contribution >= 4 is 5.91 Å². The third-order valence-electron chi connectivity index (χ3n) is 6.82. The molecule has 30 heavy (non-hydrogen) atoms. The third kappa shape index (κ3) is 4.08. The lowest BCUT2D eigenvalue weighted by atomic mass is 9.78. The molecule has 1 atom stereocenters. The fraction of sp³-hybridized carbons (Fsp3) is 0.480. The Morgan fingerprint density at radius 1 is 1.07 bits per heavy atom. The van der Waals surface area contributed by atoms with E-state index in [1.165, 1.54) is 25.0 Å². The Morgan fingerprint density at radius 3 is 2.40 bits per heavy atom. The van der Waals surface area contributed by atoms with E-state index in [4.69, 9.17) is 4.74 Å². The van der Waals surface area contributed by atoms with Crippen LogP contribution in [-0.2, 0) is 10.2 Å². The molecule has 1 unspecified atom stereocenters. The van der Waals surface area contributed by atoms with Crippen LogP contribution in [0.5, 0.6) is 5.75 Å². The number of nitrogens with zero attached hydrogens (tertiary/aromatic N) is 1. The van der Waals surface area contributed by atoms with E-state index in [1.807, 2.05) is 18.2 Å². The molecule has 1 N–H and O–H groups in total. The first-order valence-corrected chi connectivity index (χ1v) is 11.1. The van der Waals surface area contributed by atoms with Crippen molar-refractivity contribution < 1.29 is 13.9 Å². The summed E-state index contributed by atoms with van der Waals surface area (Å²) in [6, 6.07) is 14.6. The second-order valence-electron chi connectivity index (χ2n) is 8.51. The molecule has 0 spiro atoms. The van der Waals surface area contributed by atoms with E-state index in [2.05, 4.69) is 16.3 Å². The first kappa shape index (κ1) is 20.9. The molecule has 1 saturated heterocycles. The molecule has 2 aliphatic rings. The predicted octanol–water partition coefficient (Wildman–Crippen LogP) is 4.60. The lowest BCUT2D eigenvalue weighted by molar-refractivity contribution is -0.126. The summed E-state index contributed by atoms with van der Waals surface area (Å²) >= 11 is 0. The highest BCUT2D eigenvalue weighted by molar-refractivity contribution is 5.88. The van der Waals surface area contributed by atoms with Crippen LogP contribution in [0.25, 0.3) is 0 Å². The maximum absolute atomic E-state index is 13.5. The molecule has 2 aromatic rings. The lowest BCUT2D eigenvalue weighted by Gasteiger charge is -2.32. The number of hydrogen-bond acceptors (Lipinski definition) is 3. The van der Waals surface area contributed by atoms with Crippen LogP contribution in [0.15, 0.2) is 48.5 Å². The van der Waals surface area contributed by atoms with E-state index in [-0.39, 0.29) is 17.8 Å². The Kier molecular flexibility index (Phi) is 6.38. The Bertz CT molecular complexity index is 856. The molecular weight excluding hydrogens is 379 g/mol. The molecule has 2 fully saturated rings. The Labute approximate surface area is 178 Å². The van der Waals surface area contributed by atoms with E-state index in [1.54, 1.807) is 19.2 Å². The molecule has 0 bridgehead atoms. The van der Waals surface area contributed by atoms with Gasteiger partial charge in [0.25, 0.3) is 0 Å². The van der Waals surface area contributed by atoms with Crippen molar-refractivity contribution in [3.8, 4) is 5.75 Å². The van der Waals surface area contributed by atoms with E-state index >= 15 is 0 Å². The van der Waals surface area contributed by atoms with Gasteiger partial charge in [0, 0.05) is 12.1 Å². The quantitative estimate of drug-likeness (QED) is 0.725. The van der Waals surface area contributed by atoms with Crippen molar-refractivity contribution in [3.05, 3.63) is 65.5 Å². The topological polar surface area (TPSA) is 41.6 Å². The van der Waals surface area contributed by atoms with Gasteiger partial charge in [0.1, 0.15) is 11.6 Å². The number of para-hydroxylation sites is 1. The van der Waals surface area contributed by atoms with Gasteiger partial charge in [-0.2, -0.15) is 0 Å². The second kappa shape index (κ2) is 9.17. The number of carbonyl (C=O) groups is 1. The van der Waals surface area contributed by atoms with Gasteiger partial charge in [-0.05, 0) is 62.5 Å². The van der Waals surface area contributed by atoms with Crippen molar-refractivity contribution in [1.29, 1.82) is 0 Å². The molecule has 4 nitrogen and oxygen atoms in total. The third-order valence-corrected chi connectivity index (χ3v) is 6.82. The van der Waals surface area contributed by atoms with Crippen molar-refractivity contribution in [2.45, 2.75) is 50.0 Å². The summed E-state index contributed by atoms with van der Waals surface area (Å²) in [5.41, 5.74) is 1.49. The number of amides is 1. The normalized spacial score (nSPS) is 19.5. The zero-order chi connectivity index (χ0) is 21.0. The number of hydrogen-bond donors (Lipinski definition) is 1. The average molecular weight is 411 g/mol. The highest BCUT2D eigenvalue weighted by atomic mass is 19.1. The van der Waals surface area contributed by atoms with Crippen LogP contribution in [0.4, 0.5) is 4.39 Å². The molecule has 1 saturated carbocycles. The first-order chi connectivity index (χ1) is 14.6. The number of ether oxygens (including phenoxy) is 1. The molecule has 1 aliphatic carbocycles. The van der Waals surface area contributed by atoms with Crippen LogP contribution in [0, 0.1) is 5.82 Å². The smallest absolute Gasteiger partial charge is 0.230 e. The highest BCUT2D eigenvalue weighted by Gasteiger charge is 2.43. The minimum atomic E-state index is -0.552. The van der Waals surface area contributed by atoms with Crippen molar-refractivity contribution in [1.82, 2.24) is 10.2 Å². The van der Waals surface area contributed by atoms with Gasteiger partial charge >= 0.3 is 0 Å². The van der Waals surface area contributed by atoms with Gasteiger partial charge in [0.15, 0.2) is 0 Å². The van der Waals surface area contributed by atoms with Crippen molar-refractivity contribution in [3.63, 3.8) is 0 Å². The summed E-state index contributed by atoms with van der Waals surface area (Å²) < 4.78 is 19.1. The second-order valence-corrected chi connectivity index (χ2v) is 8.51. The maximum Gasteiger partial charge on any atom is 0.230 e. The molecule has 1 aliphatic heterocycles. The SMILES string of the molecule is COc1ccccc1C(CNC(=O)C1(c2ccc(F)cc2)CCCC1)N1CCCC1. The standard InChI is InChI=1S/C25H31FN2O2/c1-30-23-9-3-2-8-21(23)22(28-16-6-7-17-28)18-27-24(29)25(14-4-5-15-25)19-10-12-20(26)13-11-19/h2-3,8-13,22H,4-7,14-18H2,1H3,(H,27,29). The summed E-state index contributed by atoms with van der Waals surface area (Å²) in [6.45, 7) is 2.60. The number of halogens is 1. The van der Waals surface area contributed by atoms with E-state index < -0.39 is 5.41 Å². The van der Waals surface area contributed by atoms with E-state index in [0.717, 1.165) is 55.6 Å². The van der Waals surface area contributed by atoms with Gasteiger partial charge in [-0.1, -0.05) is 43.2 Å². The van der Waals surface area contributed by atoms with Crippen molar-refractivity contribution in [2.24, 2.45) is 0 Å². The predicted molar refractivity (Wildman–Crippen MR) is 116 cm³/mol. The fourth-order valence-electron chi connectivity index (χ4n) is 5.18. The molecule has 160 valence electrons. The molecule has 1 heterocycles. The Balaban J connectivity index is 1.56. The van der Waals surface area contributed by atoms with Gasteiger partial charge in [0.2, 0.25) is 5.91 Å². The van der Waals surface area contributed by atoms with Crippen LogP contribution in [-0.4, -0.2) is 37.6 Å². The van der Waals surface area contributed by atoms with Crippen LogP contribution in [0.1, 0.15) is 55.7 Å². The van der Waals surface area contributed by atoms with Crippen LogP contribution >= 0.6 is 0 Å². The molecule has 0 radical (unpaired) electrons. The van der Waals surface area contributed by atoms with Crippen LogP contribution < -0.4 is 10.1 Å². The molecule has 5 heteroatoms. The van der Waals surface area contributed by atoms with Crippen LogP contribution in [0.2, 0.25) is 0 Å². The van der Waals surface area contributed by atoms with Gasteiger partial charge < -0.3 is 10.1 Å². The number of nitrogens with one attached hydrogen (secondary N) is 1. The van der Waals surface area contributed by atoms with Gasteiger partial charge in [-0.25, -0.2) is 4.39 Å². The molecule has 1 amide bonds. The summed E-state index contributed by atoms with van der Waals surface area (Å²) in [7, 11) is 1.69. The summed E-state index contributed by atoms with van der Waals surface area (Å²) in [5.74, 6) is 0.654. The minimum Gasteiger partial charge on any atom is -0.496 e. The Hall–Kier alpha value is -2.40. The molecule has 2 aromatic carbocycles. The monoisotopic (exact) mass is 410 g/mol. The maximum atomic E-state index is 13.5. The number of likely N-dealkylation sites (tertiary alicyclic amines) is 1. The first-order valence-electron chi connectivity index (χ1n) is 11.1. The zero-order valence-electron chi connectivity index (χ0n) is 17.7. The number of methoxy groups -OCH3 is 1. The zero-order valence-corrected chi connectivity index (χ0v) is 17.7. The van der Waals surface area contributed by atoms with Crippen LogP contribution in [0.3, 0.4) is 0 Å². The summed E-state index contributed by atoms with van der Waals surface area (Å²) in [6.07, 6.45) is 6.03. The van der Waals surface area contributed by atoms with E-state index in [9.17, 15) is 9.18 Å². The van der Waals surface area contributed by atoms with Gasteiger partial charge in [-0.15, -0.1) is 0 Å².